The van der Waals surface area contributed by atoms with E-state index in [1.54, 1.807) is 18.7 Å². The molecule has 1 N–H and O–H groups in total. The maximum atomic E-state index is 12.1. The Bertz CT molecular complexity index is 483. The summed E-state index contributed by atoms with van der Waals surface area (Å²) in [5.74, 6) is 0. The monoisotopic (exact) mass is 316 g/mol. The van der Waals surface area contributed by atoms with E-state index < -0.39 is 28.5 Å². The molecular weight excluding hydrogens is 310 g/mol. The van der Waals surface area contributed by atoms with Crippen LogP contribution < -0.4 is 0 Å². The maximum Gasteiger partial charge on any atom is 0.416 e. The first kappa shape index (κ1) is 16.4. The lowest BCUT2D eigenvalue weighted by Gasteiger charge is -2.11. The highest BCUT2D eigenvalue weighted by atomic mass is 35.5. The second-order valence-electron chi connectivity index (χ2n) is 3.48. The van der Waals surface area contributed by atoms with Crippen LogP contribution in [-0.2, 0) is 12.4 Å². The van der Waals surface area contributed by atoms with Crippen LogP contribution in [0.5, 0.6) is 0 Å². The summed E-state index contributed by atoms with van der Waals surface area (Å²) in [7, 11) is 0. The van der Waals surface area contributed by atoms with E-state index in [-0.39, 0.29) is 6.07 Å². The Morgan fingerprint density at radius 2 is 1.40 bits per heavy atom. The molecule has 2 nitrogen and oxygen atoms in total. The van der Waals surface area contributed by atoms with Crippen molar-refractivity contribution in [2.45, 2.75) is 12.4 Å². The number of H-pyrrole nitrogens is 1. The summed E-state index contributed by atoms with van der Waals surface area (Å²) in [4.78, 5) is 6.42. The number of imidazole rings is 1. The Labute approximate surface area is 114 Å². The predicted octanol–water partition coefficient (Wildman–Crippen LogP) is 4.79. The molecule has 0 radical (unpaired) electrons. The smallest absolute Gasteiger partial charge is 0.351 e. The van der Waals surface area contributed by atoms with Gasteiger partial charge in [-0.1, -0.05) is 11.6 Å². The van der Waals surface area contributed by atoms with E-state index in [2.05, 4.69) is 9.97 Å². The molecule has 20 heavy (non-hydrogen) atoms. The van der Waals surface area contributed by atoms with Gasteiger partial charge in [-0.15, -0.1) is 0 Å². The van der Waals surface area contributed by atoms with Crippen molar-refractivity contribution in [3.8, 4) is 0 Å². The molecular formula is C11H7ClF6N2. The van der Waals surface area contributed by atoms with Gasteiger partial charge in [-0.05, 0) is 18.2 Å². The van der Waals surface area contributed by atoms with Gasteiger partial charge in [-0.3, -0.25) is 0 Å². The Hall–Kier alpha value is -1.70. The van der Waals surface area contributed by atoms with Crippen molar-refractivity contribution in [2.75, 3.05) is 0 Å². The SMILES string of the molecule is FC(F)(F)c1cc(Cl)cc(C(F)(F)F)c1.c1c[nH]cn1. The summed E-state index contributed by atoms with van der Waals surface area (Å²) in [6.45, 7) is 0. The second-order valence-corrected chi connectivity index (χ2v) is 3.92. The van der Waals surface area contributed by atoms with E-state index >= 15 is 0 Å². The number of aromatic amines is 1. The molecule has 0 saturated heterocycles. The highest BCUT2D eigenvalue weighted by molar-refractivity contribution is 6.30. The lowest BCUT2D eigenvalue weighted by atomic mass is 10.1. The molecule has 0 unspecified atom stereocenters. The molecule has 2 aromatic rings. The van der Waals surface area contributed by atoms with Crippen molar-refractivity contribution in [2.24, 2.45) is 0 Å². The minimum atomic E-state index is -4.84. The highest BCUT2D eigenvalue weighted by Crippen LogP contribution is 2.37. The van der Waals surface area contributed by atoms with Crippen LogP contribution in [0, 0.1) is 0 Å². The second kappa shape index (κ2) is 6.17. The van der Waals surface area contributed by atoms with E-state index in [1.807, 2.05) is 0 Å². The maximum absolute atomic E-state index is 12.1. The van der Waals surface area contributed by atoms with Gasteiger partial charge in [0.15, 0.2) is 0 Å². The number of benzene rings is 1. The zero-order valence-electron chi connectivity index (χ0n) is 9.56. The molecule has 0 fully saturated rings. The van der Waals surface area contributed by atoms with E-state index in [1.165, 1.54) is 0 Å². The summed E-state index contributed by atoms with van der Waals surface area (Å²) in [6.07, 6.45) is -4.60. The van der Waals surface area contributed by atoms with E-state index in [0.29, 0.717) is 12.1 Å². The molecule has 0 amide bonds. The van der Waals surface area contributed by atoms with Crippen LogP contribution in [0.4, 0.5) is 26.3 Å². The molecule has 1 aromatic carbocycles. The quantitative estimate of drug-likeness (QED) is 0.696. The van der Waals surface area contributed by atoms with Crippen molar-refractivity contribution >= 4 is 11.6 Å². The fourth-order valence-corrected chi connectivity index (χ4v) is 1.37. The zero-order chi connectivity index (χ0) is 15.4. The lowest BCUT2D eigenvalue weighted by molar-refractivity contribution is -0.143. The predicted molar refractivity (Wildman–Crippen MR) is 60.0 cm³/mol. The minimum absolute atomic E-state index is 0.0197. The summed E-state index contributed by atoms with van der Waals surface area (Å²) >= 11 is 5.16. The van der Waals surface area contributed by atoms with Gasteiger partial charge in [0.05, 0.1) is 17.5 Å². The first-order valence-corrected chi connectivity index (χ1v) is 5.36. The van der Waals surface area contributed by atoms with Crippen molar-refractivity contribution in [1.29, 1.82) is 0 Å². The third-order valence-corrected chi connectivity index (χ3v) is 2.18. The van der Waals surface area contributed by atoms with E-state index in [9.17, 15) is 26.3 Å². The average Bonchev–Trinajstić information content (AvgIpc) is 2.84. The van der Waals surface area contributed by atoms with Crippen LogP contribution in [0.2, 0.25) is 5.02 Å². The topological polar surface area (TPSA) is 28.7 Å². The van der Waals surface area contributed by atoms with Crippen molar-refractivity contribution < 1.29 is 26.3 Å². The Morgan fingerprint density at radius 3 is 1.65 bits per heavy atom. The van der Waals surface area contributed by atoms with Crippen LogP contribution in [0.1, 0.15) is 11.1 Å². The van der Waals surface area contributed by atoms with Crippen LogP contribution in [-0.4, -0.2) is 9.97 Å². The minimum Gasteiger partial charge on any atom is -0.351 e. The molecule has 1 heterocycles. The Kier molecular flexibility index (Phi) is 5.04. The van der Waals surface area contributed by atoms with Crippen molar-refractivity contribution in [1.82, 2.24) is 9.97 Å². The van der Waals surface area contributed by atoms with Crippen molar-refractivity contribution in [3.63, 3.8) is 0 Å². The number of nitrogens with zero attached hydrogens (tertiary/aromatic N) is 1. The molecule has 110 valence electrons. The largest absolute Gasteiger partial charge is 0.416 e. The standard InChI is InChI=1S/C8H3ClF6.C3H4N2/c9-6-2-4(7(10,11)12)1-5(3-6)8(13,14)15;1-2-5-3-4-1/h1-3H;1-3H,(H,4,5). The fraction of sp³-hybridized carbons (Fsp3) is 0.182. The average molecular weight is 317 g/mol. The molecule has 0 bridgehead atoms. The molecule has 0 atom stereocenters. The Balaban J connectivity index is 0.000000333. The first-order chi connectivity index (χ1) is 9.10. The van der Waals surface area contributed by atoms with Crippen LogP contribution in [0.15, 0.2) is 36.9 Å². The number of hydrogen-bond donors (Lipinski definition) is 1. The molecule has 1 aromatic heterocycles. The number of rotatable bonds is 0. The normalized spacial score (nSPS) is 11.8. The molecule has 2 rings (SSSR count). The van der Waals surface area contributed by atoms with Gasteiger partial charge in [0.2, 0.25) is 0 Å². The van der Waals surface area contributed by atoms with Gasteiger partial charge < -0.3 is 4.98 Å². The van der Waals surface area contributed by atoms with Gasteiger partial charge >= 0.3 is 12.4 Å². The molecule has 0 aliphatic heterocycles. The molecule has 0 aliphatic carbocycles. The number of hydrogen-bond acceptors (Lipinski definition) is 1. The summed E-state index contributed by atoms with van der Waals surface area (Å²) in [5.41, 5.74) is -2.83. The third kappa shape index (κ3) is 5.12. The number of aromatic nitrogens is 2. The number of nitrogens with one attached hydrogen (secondary N) is 1. The van der Waals surface area contributed by atoms with Crippen molar-refractivity contribution in [3.05, 3.63) is 53.1 Å². The summed E-state index contributed by atoms with van der Waals surface area (Å²) in [5, 5.41) is -0.600. The number of alkyl halides is 6. The fourth-order valence-electron chi connectivity index (χ4n) is 1.13. The third-order valence-electron chi connectivity index (χ3n) is 1.96. The summed E-state index contributed by atoms with van der Waals surface area (Å²) in [6, 6.07) is 0.902. The van der Waals surface area contributed by atoms with Gasteiger partial charge in [0.1, 0.15) is 0 Å². The van der Waals surface area contributed by atoms with E-state index in [0.717, 1.165) is 0 Å². The lowest BCUT2D eigenvalue weighted by Crippen LogP contribution is -2.10. The number of halogens is 7. The van der Waals surface area contributed by atoms with Gasteiger partial charge in [-0.25, -0.2) is 4.98 Å². The summed E-state index contributed by atoms with van der Waals surface area (Å²) < 4.78 is 72.7. The van der Waals surface area contributed by atoms with Crippen LogP contribution >= 0.6 is 11.6 Å². The molecule has 9 heteroatoms. The Morgan fingerprint density at radius 1 is 0.900 bits per heavy atom. The zero-order valence-corrected chi connectivity index (χ0v) is 10.3. The molecule has 0 aliphatic rings. The van der Waals surface area contributed by atoms with Gasteiger partial charge in [-0.2, -0.15) is 26.3 Å². The van der Waals surface area contributed by atoms with Crippen LogP contribution in [0.25, 0.3) is 0 Å². The van der Waals surface area contributed by atoms with Gasteiger partial charge in [0, 0.05) is 17.4 Å². The van der Waals surface area contributed by atoms with E-state index in [4.69, 9.17) is 11.6 Å². The first-order valence-electron chi connectivity index (χ1n) is 4.98. The molecule has 0 spiro atoms. The molecule has 0 saturated carbocycles. The van der Waals surface area contributed by atoms with Gasteiger partial charge in [0.25, 0.3) is 0 Å². The van der Waals surface area contributed by atoms with Crippen LogP contribution in [0.3, 0.4) is 0 Å². The highest BCUT2D eigenvalue weighted by Gasteiger charge is 2.36.